The second-order valence-corrected chi connectivity index (χ2v) is 10.4. The summed E-state index contributed by atoms with van der Waals surface area (Å²) in [6, 6.07) is -7.53. The van der Waals surface area contributed by atoms with Crippen molar-refractivity contribution in [1.82, 2.24) is 84.2 Å². The van der Waals surface area contributed by atoms with Crippen molar-refractivity contribution in [3.05, 3.63) is 0 Å². The molecule has 0 saturated carbocycles. The molecule has 0 aromatic carbocycles. The van der Waals surface area contributed by atoms with Gasteiger partial charge in [0, 0.05) is 0 Å². The number of hydrogen-bond donors (Lipinski definition) is 18. The maximum Gasteiger partial charge on any atom is 0.328 e. The van der Waals surface area contributed by atoms with Gasteiger partial charge >= 0.3 is 48.2 Å². The zero-order valence-electron chi connectivity index (χ0n) is 27.0. The smallest absolute Gasteiger partial charge is 0.328 e. The number of imide groups is 4. The minimum Gasteiger partial charge on any atom is -0.391 e. The summed E-state index contributed by atoms with van der Waals surface area (Å²) in [7, 11) is 0. The number of aliphatic hydroxyl groups is 4. The quantitative estimate of drug-likeness (QED) is 0.0646. The van der Waals surface area contributed by atoms with E-state index in [1.54, 1.807) is 0 Å². The number of nitrogens with one attached hydrogen (secondary N) is 14. The lowest BCUT2D eigenvalue weighted by molar-refractivity contribution is -0.131. The largest absolute Gasteiger partial charge is 0.391 e. The van der Waals surface area contributed by atoms with E-state index in [1.807, 2.05) is 31.9 Å². The third kappa shape index (κ3) is 9.51. The van der Waals surface area contributed by atoms with Crippen LogP contribution in [0, 0.1) is 0 Å². The molecule has 0 aromatic rings. The summed E-state index contributed by atoms with van der Waals surface area (Å²) in [5, 5.41) is 64.8. The van der Waals surface area contributed by atoms with Gasteiger partial charge in [0.25, 0.3) is 23.6 Å². The summed E-state index contributed by atoms with van der Waals surface area (Å²) in [5.41, 5.74) is -4.12. The van der Waals surface area contributed by atoms with Crippen LogP contribution in [0.2, 0.25) is 0 Å². The van der Waals surface area contributed by atoms with Crippen LogP contribution in [-0.2, 0) is 19.2 Å². The van der Waals surface area contributed by atoms with Crippen LogP contribution in [0.25, 0.3) is 0 Å². The van der Waals surface area contributed by atoms with Crippen LogP contribution in [0.4, 0.5) is 38.4 Å². The van der Waals surface area contributed by atoms with Gasteiger partial charge in [0.2, 0.25) is 11.3 Å². The Morgan fingerprint density at radius 3 is 1.15 bits per heavy atom. The van der Waals surface area contributed by atoms with Gasteiger partial charge in [0.1, 0.15) is 13.5 Å². The summed E-state index contributed by atoms with van der Waals surface area (Å²) < 4.78 is 0. The molecule has 0 spiro atoms. The molecule has 20 amide bonds. The lowest BCUT2D eigenvalue weighted by Crippen LogP contribution is -2.66. The molecule has 296 valence electrons. The van der Waals surface area contributed by atoms with Gasteiger partial charge in [0.05, 0.1) is 26.6 Å². The van der Waals surface area contributed by atoms with E-state index in [4.69, 9.17) is 10.2 Å². The van der Waals surface area contributed by atoms with Crippen molar-refractivity contribution < 1.29 is 78.0 Å². The Kier molecular flexibility index (Phi) is 13.1. The summed E-state index contributed by atoms with van der Waals surface area (Å²) in [6.07, 6.45) is -2.76. The minimum atomic E-state index is -2.06. The highest BCUT2D eigenvalue weighted by Gasteiger charge is 2.48. The number of hydrogen-bond acceptors (Lipinski definition) is 16. The standard InChI is InChI=1S/2C11H16N8O8/c20-1-10(4(22)14-8(26)18-10)16-6(24)12-3-13-7(25)17-11(2-21)5(23)15-9(27)19-11;20-2-18-6(22)4(16-10(18)26)14-8(24)12-1-13-9(25)15-5-7(23)19(3-21)11(27)17-5/h20-21H,1-3H2,(H2,12,16,24)(H2,13,17,25)(H2,14,18,22,26)(H2,15,19,23,27);4-5,20-21H,1-3H2,(H,16,26)(H,17,27)(H2,12,14,24)(H2,13,15,25). The number of aliphatic hydroxyl groups excluding tert-OH is 4. The average molecular weight is 777 g/mol. The van der Waals surface area contributed by atoms with E-state index in [9.17, 15) is 67.7 Å². The first-order valence-corrected chi connectivity index (χ1v) is 14.6. The molecule has 4 saturated heterocycles. The molecule has 0 aliphatic carbocycles. The molecule has 4 heterocycles. The highest BCUT2D eigenvalue weighted by molar-refractivity contribution is 6.09. The number of amides is 20. The van der Waals surface area contributed by atoms with E-state index >= 15 is 0 Å². The van der Waals surface area contributed by atoms with Crippen LogP contribution in [0.15, 0.2) is 0 Å². The monoisotopic (exact) mass is 776 g/mol. The molecule has 32 nitrogen and oxygen atoms in total. The Bertz CT molecular complexity index is 1510. The van der Waals surface area contributed by atoms with Gasteiger partial charge in [-0.25, -0.2) is 48.2 Å². The predicted molar refractivity (Wildman–Crippen MR) is 162 cm³/mol. The minimum absolute atomic E-state index is 0.436. The van der Waals surface area contributed by atoms with Crippen LogP contribution in [-0.4, -0.2) is 166 Å². The van der Waals surface area contributed by atoms with Crippen molar-refractivity contribution in [2.75, 3.05) is 40.0 Å². The molecular formula is C22H32N16O16. The molecular weight excluding hydrogens is 744 g/mol. The Morgan fingerprint density at radius 1 is 0.556 bits per heavy atom. The summed E-state index contributed by atoms with van der Waals surface area (Å²) in [5.74, 6) is -3.70. The molecule has 4 unspecified atom stereocenters. The zero-order chi connectivity index (χ0) is 40.4. The second-order valence-electron chi connectivity index (χ2n) is 10.4. The van der Waals surface area contributed by atoms with Gasteiger partial charge in [-0.1, -0.05) is 0 Å². The van der Waals surface area contributed by atoms with Gasteiger partial charge in [-0.2, -0.15) is 0 Å². The Balaban J connectivity index is 0.000000290. The summed E-state index contributed by atoms with van der Waals surface area (Å²) >= 11 is 0. The molecule has 4 rings (SSSR count). The predicted octanol–water partition coefficient (Wildman–Crippen LogP) is -10.2. The average Bonchev–Trinajstić information content (AvgIpc) is 3.74. The van der Waals surface area contributed by atoms with Crippen molar-refractivity contribution >= 4 is 71.9 Å². The molecule has 0 bridgehead atoms. The van der Waals surface area contributed by atoms with Gasteiger partial charge < -0.3 is 84.2 Å². The van der Waals surface area contributed by atoms with Crippen LogP contribution in [0.5, 0.6) is 0 Å². The molecule has 4 fully saturated rings. The van der Waals surface area contributed by atoms with E-state index in [0.717, 1.165) is 0 Å². The number of carbonyl (C=O) groups is 12. The zero-order valence-corrected chi connectivity index (χ0v) is 27.0. The third-order valence-corrected chi connectivity index (χ3v) is 6.89. The highest BCUT2D eigenvalue weighted by atomic mass is 16.3. The molecule has 32 heteroatoms. The van der Waals surface area contributed by atoms with Gasteiger partial charge in [-0.05, 0) is 0 Å². The Hall–Kier alpha value is -7.32. The van der Waals surface area contributed by atoms with Crippen LogP contribution < -0.4 is 74.4 Å². The van der Waals surface area contributed by atoms with Crippen molar-refractivity contribution in [2.45, 2.75) is 23.7 Å². The van der Waals surface area contributed by atoms with Crippen LogP contribution in [0.1, 0.15) is 0 Å². The fourth-order valence-electron chi connectivity index (χ4n) is 4.21. The van der Waals surface area contributed by atoms with E-state index in [0.29, 0.717) is 9.80 Å². The summed E-state index contributed by atoms with van der Waals surface area (Å²) in [4.78, 5) is 139. The normalized spacial score (nSPS) is 24.1. The molecule has 4 aliphatic heterocycles. The van der Waals surface area contributed by atoms with Gasteiger partial charge in [0.15, 0.2) is 12.3 Å². The molecule has 0 aromatic heterocycles. The van der Waals surface area contributed by atoms with E-state index in [-0.39, 0.29) is 0 Å². The first kappa shape index (κ1) is 41.1. The highest BCUT2D eigenvalue weighted by Crippen LogP contribution is 2.07. The van der Waals surface area contributed by atoms with Crippen molar-refractivity contribution in [3.63, 3.8) is 0 Å². The molecule has 4 aliphatic rings. The Labute approximate surface area is 298 Å². The van der Waals surface area contributed by atoms with Crippen molar-refractivity contribution in [3.8, 4) is 0 Å². The van der Waals surface area contributed by atoms with Crippen molar-refractivity contribution in [2.24, 2.45) is 0 Å². The van der Waals surface area contributed by atoms with E-state index in [1.165, 1.54) is 0 Å². The number of carbonyl (C=O) groups excluding carboxylic acids is 12. The fraction of sp³-hybridized carbons (Fsp3) is 0.455. The molecule has 18 N–H and O–H groups in total. The first-order valence-electron chi connectivity index (χ1n) is 14.6. The van der Waals surface area contributed by atoms with E-state index in [2.05, 4.69) is 42.5 Å². The molecule has 0 radical (unpaired) electrons. The number of urea groups is 8. The second kappa shape index (κ2) is 17.3. The maximum atomic E-state index is 11.8. The number of rotatable bonds is 12. The van der Waals surface area contributed by atoms with Crippen LogP contribution in [0.3, 0.4) is 0 Å². The molecule has 54 heavy (non-hydrogen) atoms. The van der Waals surface area contributed by atoms with E-state index < -0.39 is 136 Å². The van der Waals surface area contributed by atoms with Gasteiger partial charge in [-0.15, -0.1) is 0 Å². The summed E-state index contributed by atoms with van der Waals surface area (Å²) in [6.45, 7) is -4.52. The van der Waals surface area contributed by atoms with Crippen molar-refractivity contribution in [1.29, 1.82) is 0 Å². The fourth-order valence-corrected chi connectivity index (χ4v) is 4.21. The Morgan fingerprint density at radius 2 is 0.889 bits per heavy atom. The maximum absolute atomic E-state index is 11.8. The lowest BCUT2D eigenvalue weighted by atomic mass is 10.2. The third-order valence-electron chi connectivity index (χ3n) is 6.89. The topological polar surface area (TPSA) is 461 Å². The first-order chi connectivity index (χ1) is 25.4. The number of nitrogens with zero attached hydrogens (tertiary/aromatic N) is 2. The van der Waals surface area contributed by atoms with Crippen LogP contribution >= 0.6 is 0 Å². The SMILES string of the molecule is O=C(NCNC(=O)NC1(CO)NC(=O)NC1=O)NC1(CO)NC(=O)NC1=O.O=C(NCNC(=O)NC1NC(=O)N(CO)C1=O)NC1NC(=O)N(CO)C1=O. The van der Waals surface area contributed by atoms with Gasteiger partial charge in [-0.3, -0.25) is 29.8 Å². The lowest BCUT2D eigenvalue weighted by Gasteiger charge is -2.26. The molecule has 4 atom stereocenters.